The molecule has 122 valence electrons. The van der Waals surface area contributed by atoms with Crippen molar-refractivity contribution in [2.75, 3.05) is 11.9 Å². The van der Waals surface area contributed by atoms with E-state index in [1.54, 1.807) is 29.5 Å². The van der Waals surface area contributed by atoms with Gasteiger partial charge in [-0.3, -0.25) is 9.59 Å². The molecule has 0 unspecified atom stereocenters. The van der Waals surface area contributed by atoms with Crippen molar-refractivity contribution >= 4 is 40.4 Å². The number of carbonyl (C=O) groups excluding carboxylic acids is 2. The van der Waals surface area contributed by atoms with Gasteiger partial charge >= 0.3 is 0 Å². The maximum Gasteiger partial charge on any atom is 0.253 e. The van der Waals surface area contributed by atoms with E-state index in [4.69, 9.17) is 17.3 Å². The molecule has 0 spiro atoms. The highest BCUT2D eigenvalue weighted by Crippen LogP contribution is 2.21. The molecule has 1 aromatic heterocycles. The molecule has 0 saturated carbocycles. The fourth-order valence-corrected chi connectivity index (χ4v) is 2.79. The Morgan fingerprint density at radius 2 is 2.09 bits per heavy atom. The van der Waals surface area contributed by atoms with Crippen LogP contribution in [0.5, 0.6) is 0 Å². The summed E-state index contributed by atoms with van der Waals surface area (Å²) in [5, 5.41) is 7.84. The van der Waals surface area contributed by atoms with E-state index in [1.807, 2.05) is 17.5 Å². The largest absolute Gasteiger partial charge is 0.347 e. The molecule has 2 aromatic rings. The minimum Gasteiger partial charge on any atom is -0.347 e. The van der Waals surface area contributed by atoms with Gasteiger partial charge < -0.3 is 16.4 Å². The molecule has 1 heterocycles. The van der Waals surface area contributed by atoms with Crippen molar-refractivity contribution in [2.45, 2.75) is 19.4 Å². The van der Waals surface area contributed by atoms with Gasteiger partial charge in [0.1, 0.15) is 0 Å². The number of benzene rings is 1. The summed E-state index contributed by atoms with van der Waals surface area (Å²) >= 11 is 7.65. The van der Waals surface area contributed by atoms with Crippen molar-refractivity contribution in [3.63, 3.8) is 0 Å². The van der Waals surface area contributed by atoms with E-state index in [0.717, 1.165) is 4.88 Å². The second-order valence-corrected chi connectivity index (χ2v) is 6.34. The molecule has 23 heavy (non-hydrogen) atoms. The van der Waals surface area contributed by atoms with Crippen LogP contribution >= 0.6 is 22.9 Å². The van der Waals surface area contributed by atoms with Gasteiger partial charge in [-0.25, -0.2) is 0 Å². The summed E-state index contributed by atoms with van der Waals surface area (Å²) in [7, 11) is 0. The van der Waals surface area contributed by atoms with Crippen molar-refractivity contribution in [1.29, 1.82) is 0 Å². The predicted molar refractivity (Wildman–Crippen MR) is 93.9 cm³/mol. The molecule has 1 aromatic carbocycles. The zero-order valence-corrected chi connectivity index (χ0v) is 14.0. The summed E-state index contributed by atoms with van der Waals surface area (Å²) < 4.78 is 0. The first-order valence-electron chi connectivity index (χ1n) is 7.20. The van der Waals surface area contributed by atoms with Crippen LogP contribution in [0, 0.1) is 0 Å². The lowest BCUT2D eigenvalue weighted by Gasteiger charge is -2.09. The van der Waals surface area contributed by atoms with E-state index in [1.165, 1.54) is 0 Å². The molecule has 7 heteroatoms. The molecule has 0 aliphatic carbocycles. The molecule has 5 nitrogen and oxygen atoms in total. The van der Waals surface area contributed by atoms with Crippen LogP contribution in [0.4, 0.5) is 5.69 Å². The number of amides is 2. The van der Waals surface area contributed by atoms with Crippen LogP contribution in [0.3, 0.4) is 0 Å². The second-order valence-electron chi connectivity index (χ2n) is 4.90. The van der Waals surface area contributed by atoms with Gasteiger partial charge in [0.05, 0.1) is 17.1 Å². The molecular formula is C16H18ClN3O2S. The van der Waals surface area contributed by atoms with Crippen molar-refractivity contribution in [1.82, 2.24) is 5.32 Å². The molecule has 2 amide bonds. The molecule has 0 fully saturated rings. The molecule has 0 radical (unpaired) electrons. The Morgan fingerprint density at radius 3 is 2.78 bits per heavy atom. The topological polar surface area (TPSA) is 84.2 Å². The summed E-state index contributed by atoms with van der Waals surface area (Å²) in [6.07, 6.45) is 0.965. The van der Waals surface area contributed by atoms with Crippen molar-refractivity contribution in [3.05, 3.63) is 51.2 Å². The lowest BCUT2D eigenvalue weighted by atomic mass is 10.1. The molecule has 0 aliphatic heterocycles. The first-order valence-corrected chi connectivity index (χ1v) is 8.46. The van der Waals surface area contributed by atoms with Crippen molar-refractivity contribution in [2.24, 2.45) is 5.73 Å². The average molecular weight is 352 g/mol. The van der Waals surface area contributed by atoms with Gasteiger partial charge in [-0.05, 0) is 42.6 Å². The Morgan fingerprint density at radius 1 is 1.26 bits per heavy atom. The minimum absolute atomic E-state index is 0.136. The minimum atomic E-state index is -0.276. The number of nitrogens with two attached hydrogens (primary N) is 1. The summed E-state index contributed by atoms with van der Waals surface area (Å²) in [6.45, 7) is 0.907. The Hall–Kier alpha value is -1.89. The van der Waals surface area contributed by atoms with Crippen LogP contribution in [0.1, 0.15) is 28.1 Å². The standard InChI is InChI=1S/C16H18ClN3O2S/c17-14-6-5-11(20-15(21)4-1-7-18)9-13(14)16(22)19-10-12-3-2-8-23-12/h2-3,5-6,8-9H,1,4,7,10,18H2,(H,19,22)(H,20,21). The highest BCUT2D eigenvalue weighted by atomic mass is 35.5. The molecule has 0 atom stereocenters. The monoisotopic (exact) mass is 351 g/mol. The van der Waals surface area contributed by atoms with E-state index in [0.29, 0.717) is 42.2 Å². The summed E-state index contributed by atoms with van der Waals surface area (Å²) in [6, 6.07) is 8.71. The Bertz CT molecular complexity index is 674. The van der Waals surface area contributed by atoms with Gasteiger partial charge in [0.15, 0.2) is 0 Å². The summed E-state index contributed by atoms with van der Waals surface area (Å²) in [4.78, 5) is 25.0. The molecule has 0 aliphatic rings. The van der Waals surface area contributed by atoms with Crippen LogP contribution in [-0.4, -0.2) is 18.4 Å². The van der Waals surface area contributed by atoms with Crippen LogP contribution in [0.2, 0.25) is 5.02 Å². The lowest BCUT2D eigenvalue weighted by Crippen LogP contribution is -2.23. The zero-order chi connectivity index (χ0) is 16.7. The highest BCUT2D eigenvalue weighted by molar-refractivity contribution is 7.09. The first-order chi connectivity index (χ1) is 11.1. The summed E-state index contributed by atoms with van der Waals surface area (Å²) in [5.74, 6) is -0.413. The zero-order valence-electron chi connectivity index (χ0n) is 12.5. The fraction of sp³-hybridized carbons (Fsp3) is 0.250. The third-order valence-electron chi connectivity index (χ3n) is 3.11. The maximum atomic E-state index is 12.3. The number of nitrogens with one attached hydrogen (secondary N) is 2. The van der Waals surface area contributed by atoms with Gasteiger partial charge in [0.2, 0.25) is 5.91 Å². The fourth-order valence-electron chi connectivity index (χ4n) is 1.94. The quantitative estimate of drug-likeness (QED) is 0.716. The number of rotatable bonds is 7. The third kappa shape index (κ3) is 5.35. The highest BCUT2D eigenvalue weighted by Gasteiger charge is 2.12. The Kier molecular flexibility index (Phi) is 6.58. The Balaban J connectivity index is 2.01. The van der Waals surface area contributed by atoms with Gasteiger partial charge in [-0.1, -0.05) is 17.7 Å². The molecule has 0 saturated heterocycles. The normalized spacial score (nSPS) is 10.3. The van der Waals surface area contributed by atoms with Gasteiger partial charge in [0.25, 0.3) is 5.91 Å². The Labute approximate surface area is 143 Å². The van der Waals surface area contributed by atoms with E-state index in [-0.39, 0.29) is 11.8 Å². The summed E-state index contributed by atoms with van der Waals surface area (Å²) in [5.41, 5.74) is 6.25. The second kappa shape index (κ2) is 8.67. The maximum absolute atomic E-state index is 12.3. The SMILES string of the molecule is NCCCC(=O)Nc1ccc(Cl)c(C(=O)NCc2cccs2)c1. The number of carbonyl (C=O) groups is 2. The molecule has 2 rings (SSSR count). The lowest BCUT2D eigenvalue weighted by molar-refractivity contribution is -0.116. The van der Waals surface area contributed by atoms with Crippen LogP contribution in [0.25, 0.3) is 0 Å². The van der Waals surface area contributed by atoms with Gasteiger partial charge in [-0.15, -0.1) is 11.3 Å². The molecular weight excluding hydrogens is 334 g/mol. The van der Waals surface area contributed by atoms with Crippen LogP contribution in [-0.2, 0) is 11.3 Å². The third-order valence-corrected chi connectivity index (χ3v) is 4.31. The smallest absolute Gasteiger partial charge is 0.253 e. The van der Waals surface area contributed by atoms with E-state index in [2.05, 4.69) is 10.6 Å². The number of hydrogen-bond acceptors (Lipinski definition) is 4. The van der Waals surface area contributed by atoms with Crippen molar-refractivity contribution < 1.29 is 9.59 Å². The molecule has 4 N–H and O–H groups in total. The number of anilines is 1. The number of hydrogen-bond donors (Lipinski definition) is 3. The number of halogens is 1. The van der Waals surface area contributed by atoms with Gasteiger partial charge in [0, 0.05) is 17.0 Å². The van der Waals surface area contributed by atoms with E-state index < -0.39 is 0 Å². The van der Waals surface area contributed by atoms with Crippen molar-refractivity contribution in [3.8, 4) is 0 Å². The average Bonchev–Trinajstić information content (AvgIpc) is 3.06. The van der Waals surface area contributed by atoms with Crippen LogP contribution in [0.15, 0.2) is 35.7 Å². The first kappa shape index (κ1) is 17.5. The van der Waals surface area contributed by atoms with Crippen LogP contribution < -0.4 is 16.4 Å². The predicted octanol–water partition coefficient (Wildman–Crippen LogP) is 3.01. The number of thiophene rings is 1. The van der Waals surface area contributed by atoms with Gasteiger partial charge in [-0.2, -0.15) is 0 Å². The molecule has 0 bridgehead atoms. The van der Waals surface area contributed by atoms with E-state index >= 15 is 0 Å². The van der Waals surface area contributed by atoms with E-state index in [9.17, 15) is 9.59 Å².